The molecule has 0 atom stereocenters. The van der Waals surface area contributed by atoms with Crippen LogP contribution in [0.3, 0.4) is 0 Å². The number of oxazole rings is 1. The SMILES string of the molecule is CCN(C(=O)CSc1nc2ccccc2o1)c1cccc2ccccc12. The number of anilines is 1. The van der Waals surface area contributed by atoms with Crippen molar-refractivity contribution in [3.63, 3.8) is 0 Å². The molecule has 26 heavy (non-hydrogen) atoms. The molecule has 0 N–H and O–H groups in total. The number of hydrogen-bond acceptors (Lipinski definition) is 4. The van der Waals surface area contributed by atoms with Gasteiger partial charge in [-0.3, -0.25) is 4.79 Å². The minimum absolute atomic E-state index is 0.0381. The van der Waals surface area contributed by atoms with Crippen LogP contribution in [0, 0.1) is 0 Å². The van der Waals surface area contributed by atoms with Crippen LogP contribution in [0.1, 0.15) is 6.92 Å². The molecule has 3 aromatic carbocycles. The van der Waals surface area contributed by atoms with Crippen molar-refractivity contribution in [2.45, 2.75) is 12.1 Å². The monoisotopic (exact) mass is 362 g/mol. The van der Waals surface area contributed by atoms with Gasteiger partial charge in [0, 0.05) is 11.9 Å². The summed E-state index contributed by atoms with van der Waals surface area (Å²) >= 11 is 1.33. The Morgan fingerprint density at radius 3 is 2.65 bits per heavy atom. The van der Waals surface area contributed by atoms with E-state index in [9.17, 15) is 4.79 Å². The molecule has 0 fully saturated rings. The molecule has 0 radical (unpaired) electrons. The molecule has 0 unspecified atom stereocenters. The smallest absolute Gasteiger partial charge is 0.257 e. The highest BCUT2D eigenvalue weighted by molar-refractivity contribution is 7.99. The Kier molecular flexibility index (Phi) is 4.63. The van der Waals surface area contributed by atoms with Gasteiger partial charge >= 0.3 is 0 Å². The first-order chi connectivity index (χ1) is 12.8. The van der Waals surface area contributed by atoms with Crippen LogP contribution in [0.2, 0.25) is 0 Å². The average Bonchev–Trinajstić information content (AvgIpc) is 3.10. The van der Waals surface area contributed by atoms with E-state index >= 15 is 0 Å². The third-order valence-electron chi connectivity index (χ3n) is 4.27. The number of para-hydroxylation sites is 2. The van der Waals surface area contributed by atoms with E-state index in [0.717, 1.165) is 27.6 Å². The van der Waals surface area contributed by atoms with Gasteiger partial charge in [-0.1, -0.05) is 60.3 Å². The van der Waals surface area contributed by atoms with Crippen LogP contribution < -0.4 is 4.90 Å². The van der Waals surface area contributed by atoms with E-state index in [4.69, 9.17) is 4.42 Å². The number of fused-ring (bicyclic) bond motifs is 2. The van der Waals surface area contributed by atoms with Crippen LogP contribution in [-0.4, -0.2) is 23.2 Å². The van der Waals surface area contributed by atoms with Gasteiger partial charge in [0.05, 0.1) is 11.4 Å². The summed E-state index contributed by atoms with van der Waals surface area (Å²) < 4.78 is 5.69. The zero-order valence-corrected chi connectivity index (χ0v) is 15.2. The molecule has 0 saturated heterocycles. The molecule has 4 nitrogen and oxygen atoms in total. The topological polar surface area (TPSA) is 46.3 Å². The first kappa shape index (κ1) is 16.7. The van der Waals surface area contributed by atoms with E-state index in [0.29, 0.717) is 11.8 Å². The third kappa shape index (κ3) is 3.18. The Bertz CT molecular complexity index is 1040. The second kappa shape index (κ2) is 7.22. The summed E-state index contributed by atoms with van der Waals surface area (Å²) in [5, 5.41) is 2.73. The number of nitrogens with zero attached hydrogens (tertiary/aromatic N) is 2. The van der Waals surface area contributed by atoms with Gasteiger partial charge in [-0.15, -0.1) is 0 Å². The highest BCUT2D eigenvalue weighted by Crippen LogP contribution is 2.28. The largest absolute Gasteiger partial charge is 0.431 e. The number of carbonyl (C=O) groups excluding carboxylic acids is 1. The molecule has 0 bridgehead atoms. The zero-order valence-electron chi connectivity index (χ0n) is 14.4. The highest BCUT2D eigenvalue weighted by Gasteiger charge is 2.17. The van der Waals surface area contributed by atoms with Gasteiger partial charge < -0.3 is 9.32 Å². The Morgan fingerprint density at radius 2 is 1.81 bits per heavy atom. The number of rotatable bonds is 5. The predicted molar refractivity (Wildman–Crippen MR) is 107 cm³/mol. The lowest BCUT2D eigenvalue weighted by Gasteiger charge is -2.22. The number of benzene rings is 3. The maximum absolute atomic E-state index is 12.8. The van der Waals surface area contributed by atoms with Crippen LogP contribution in [0.15, 0.2) is 76.4 Å². The van der Waals surface area contributed by atoms with Crippen LogP contribution >= 0.6 is 11.8 Å². The van der Waals surface area contributed by atoms with Crippen LogP contribution in [0.5, 0.6) is 0 Å². The lowest BCUT2D eigenvalue weighted by molar-refractivity contribution is -0.116. The molecule has 5 heteroatoms. The highest BCUT2D eigenvalue weighted by atomic mass is 32.2. The minimum atomic E-state index is 0.0381. The summed E-state index contributed by atoms with van der Waals surface area (Å²) in [7, 11) is 0. The Balaban J connectivity index is 1.55. The first-order valence-electron chi connectivity index (χ1n) is 8.53. The van der Waals surface area contributed by atoms with Crippen LogP contribution in [-0.2, 0) is 4.79 Å². The fourth-order valence-electron chi connectivity index (χ4n) is 3.04. The summed E-state index contributed by atoms with van der Waals surface area (Å²) in [4.78, 5) is 19.1. The number of aromatic nitrogens is 1. The predicted octanol–water partition coefficient (Wildman–Crippen LogP) is 5.13. The van der Waals surface area contributed by atoms with Crippen LogP contribution in [0.25, 0.3) is 21.9 Å². The summed E-state index contributed by atoms with van der Waals surface area (Å²) in [6.45, 7) is 2.60. The van der Waals surface area contributed by atoms with E-state index in [1.54, 1.807) is 0 Å². The third-order valence-corrected chi connectivity index (χ3v) is 5.08. The molecular weight excluding hydrogens is 344 g/mol. The molecule has 0 aliphatic carbocycles. The number of carbonyl (C=O) groups is 1. The molecule has 4 rings (SSSR count). The van der Waals surface area contributed by atoms with Crippen molar-refractivity contribution in [2.24, 2.45) is 0 Å². The normalized spacial score (nSPS) is 11.1. The lowest BCUT2D eigenvalue weighted by atomic mass is 10.1. The number of hydrogen-bond donors (Lipinski definition) is 0. The fourth-order valence-corrected chi connectivity index (χ4v) is 3.75. The molecular formula is C21H18N2O2S. The Hall–Kier alpha value is -2.79. The van der Waals surface area contributed by atoms with E-state index in [-0.39, 0.29) is 11.7 Å². The van der Waals surface area contributed by atoms with E-state index in [2.05, 4.69) is 23.2 Å². The van der Waals surface area contributed by atoms with E-state index in [1.807, 2.05) is 60.4 Å². The van der Waals surface area contributed by atoms with Crippen molar-refractivity contribution in [2.75, 3.05) is 17.2 Å². The van der Waals surface area contributed by atoms with Crippen molar-refractivity contribution in [1.29, 1.82) is 0 Å². The van der Waals surface area contributed by atoms with Crippen molar-refractivity contribution < 1.29 is 9.21 Å². The summed E-state index contributed by atoms with van der Waals surface area (Å²) in [5.74, 6) is 0.320. The average molecular weight is 362 g/mol. The summed E-state index contributed by atoms with van der Waals surface area (Å²) in [5.41, 5.74) is 2.49. The van der Waals surface area contributed by atoms with Crippen LogP contribution in [0.4, 0.5) is 5.69 Å². The van der Waals surface area contributed by atoms with Crippen molar-refractivity contribution in [3.8, 4) is 0 Å². The van der Waals surface area contributed by atoms with Gasteiger partial charge in [0.1, 0.15) is 5.52 Å². The molecule has 0 spiro atoms. The van der Waals surface area contributed by atoms with Gasteiger partial charge in [0.25, 0.3) is 5.22 Å². The molecule has 4 aromatic rings. The Morgan fingerprint density at radius 1 is 1.04 bits per heavy atom. The molecule has 1 amide bonds. The number of amides is 1. The van der Waals surface area contributed by atoms with E-state index in [1.165, 1.54) is 11.8 Å². The molecule has 0 aliphatic rings. The lowest BCUT2D eigenvalue weighted by Crippen LogP contribution is -2.32. The quantitative estimate of drug-likeness (QED) is 0.462. The van der Waals surface area contributed by atoms with Crippen molar-refractivity contribution in [1.82, 2.24) is 4.98 Å². The second-order valence-corrected chi connectivity index (χ2v) is 6.80. The second-order valence-electron chi connectivity index (χ2n) is 5.87. The maximum Gasteiger partial charge on any atom is 0.257 e. The van der Waals surface area contributed by atoms with E-state index < -0.39 is 0 Å². The molecule has 130 valence electrons. The molecule has 1 aromatic heterocycles. The zero-order chi connectivity index (χ0) is 17.9. The Labute approximate surface area is 155 Å². The van der Waals surface area contributed by atoms with Crippen molar-refractivity contribution in [3.05, 3.63) is 66.7 Å². The maximum atomic E-state index is 12.8. The minimum Gasteiger partial charge on any atom is -0.431 e. The van der Waals surface area contributed by atoms with Gasteiger partial charge in [-0.05, 0) is 30.5 Å². The fraction of sp³-hybridized carbons (Fsp3) is 0.143. The van der Waals surface area contributed by atoms with Gasteiger partial charge in [-0.25, -0.2) is 4.98 Å². The molecule has 0 aliphatic heterocycles. The molecule has 0 saturated carbocycles. The van der Waals surface area contributed by atoms with Gasteiger partial charge in [0.2, 0.25) is 5.91 Å². The van der Waals surface area contributed by atoms with Gasteiger partial charge in [0.15, 0.2) is 5.58 Å². The summed E-state index contributed by atoms with van der Waals surface area (Å²) in [6.07, 6.45) is 0. The first-order valence-corrected chi connectivity index (χ1v) is 9.51. The van der Waals surface area contributed by atoms with Gasteiger partial charge in [-0.2, -0.15) is 0 Å². The standard InChI is InChI=1S/C21H18N2O2S/c1-2-23(18-12-7-9-15-8-3-4-10-16(15)18)20(24)14-26-21-22-17-11-5-6-13-19(17)25-21/h3-13H,2,14H2,1H3. The summed E-state index contributed by atoms with van der Waals surface area (Å²) in [6, 6.07) is 21.8. The number of thioether (sulfide) groups is 1. The van der Waals surface area contributed by atoms with Crippen molar-refractivity contribution >= 4 is 45.2 Å². The molecule has 1 heterocycles.